The molecular formula is C21H14F10O2. The largest absolute Gasteiger partial charge is 0.422 e. The monoisotopic (exact) mass is 488 g/mol. The maximum atomic E-state index is 14.2. The van der Waals surface area contributed by atoms with E-state index in [0.717, 1.165) is 0 Å². The molecule has 0 bridgehead atoms. The third-order valence-corrected chi connectivity index (χ3v) is 4.93. The molecule has 0 amide bonds. The SMILES string of the molecule is FC(F)=C(F)c1cc(F)c(C2COC(CCc3cc(F)c(C(F)(F)F)c(F)c3)OC2)c(F)c1. The van der Waals surface area contributed by atoms with Gasteiger partial charge in [0.25, 0.3) is 0 Å². The smallest absolute Gasteiger partial charge is 0.352 e. The predicted octanol–water partition coefficient (Wildman–Crippen LogP) is 6.89. The van der Waals surface area contributed by atoms with Crippen molar-refractivity contribution in [1.82, 2.24) is 0 Å². The highest BCUT2D eigenvalue weighted by molar-refractivity contribution is 5.60. The van der Waals surface area contributed by atoms with Crippen LogP contribution in [-0.2, 0) is 22.1 Å². The van der Waals surface area contributed by atoms with Crippen LogP contribution >= 0.6 is 0 Å². The molecule has 3 rings (SSSR count). The van der Waals surface area contributed by atoms with E-state index in [-0.39, 0.29) is 31.6 Å². The van der Waals surface area contributed by atoms with Gasteiger partial charge in [0.2, 0.25) is 0 Å². The Hall–Kier alpha value is -2.60. The van der Waals surface area contributed by atoms with Crippen LogP contribution in [0.25, 0.3) is 5.83 Å². The van der Waals surface area contributed by atoms with E-state index in [9.17, 15) is 43.9 Å². The second kappa shape index (κ2) is 9.72. The Labute approximate surface area is 180 Å². The summed E-state index contributed by atoms with van der Waals surface area (Å²) >= 11 is 0. The number of aryl methyl sites for hydroxylation is 1. The quantitative estimate of drug-likeness (QED) is 0.427. The van der Waals surface area contributed by atoms with Gasteiger partial charge in [0.1, 0.15) is 28.8 Å². The fourth-order valence-corrected chi connectivity index (χ4v) is 3.41. The topological polar surface area (TPSA) is 18.5 Å². The molecule has 2 aromatic rings. The maximum absolute atomic E-state index is 14.2. The van der Waals surface area contributed by atoms with Gasteiger partial charge in [-0.1, -0.05) is 0 Å². The van der Waals surface area contributed by atoms with Crippen molar-refractivity contribution in [2.75, 3.05) is 13.2 Å². The van der Waals surface area contributed by atoms with E-state index in [2.05, 4.69) is 0 Å². The molecule has 0 spiro atoms. The molecule has 1 heterocycles. The molecule has 0 aromatic heterocycles. The number of benzene rings is 2. The molecule has 0 N–H and O–H groups in total. The molecule has 33 heavy (non-hydrogen) atoms. The van der Waals surface area contributed by atoms with Gasteiger partial charge in [-0.2, -0.15) is 22.0 Å². The molecule has 1 aliphatic rings. The predicted molar refractivity (Wildman–Crippen MR) is 94.7 cm³/mol. The molecule has 0 atom stereocenters. The lowest BCUT2D eigenvalue weighted by Gasteiger charge is -2.30. The first-order valence-corrected chi connectivity index (χ1v) is 9.36. The van der Waals surface area contributed by atoms with Gasteiger partial charge in [0.15, 0.2) is 12.1 Å². The van der Waals surface area contributed by atoms with Crippen molar-refractivity contribution in [2.24, 2.45) is 0 Å². The van der Waals surface area contributed by atoms with Crippen molar-refractivity contribution >= 4 is 5.83 Å². The van der Waals surface area contributed by atoms with Crippen molar-refractivity contribution in [2.45, 2.75) is 31.2 Å². The third-order valence-electron chi connectivity index (χ3n) is 4.93. The Morgan fingerprint density at radius 2 is 1.33 bits per heavy atom. The lowest BCUT2D eigenvalue weighted by molar-refractivity contribution is -0.190. The maximum Gasteiger partial charge on any atom is 0.422 e. The second-order valence-corrected chi connectivity index (χ2v) is 7.19. The summed E-state index contributed by atoms with van der Waals surface area (Å²) in [7, 11) is 0. The summed E-state index contributed by atoms with van der Waals surface area (Å²) in [5.74, 6) is -9.17. The number of halogens is 10. The summed E-state index contributed by atoms with van der Waals surface area (Å²) < 4.78 is 142. The zero-order valence-corrected chi connectivity index (χ0v) is 16.4. The molecule has 0 saturated carbocycles. The average Bonchev–Trinajstić information content (AvgIpc) is 2.70. The average molecular weight is 488 g/mol. The minimum Gasteiger partial charge on any atom is -0.352 e. The van der Waals surface area contributed by atoms with Gasteiger partial charge in [0.05, 0.1) is 13.2 Å². The fourth-order valence-electron chi connectivity index (χ4n) is 3.41. The third kappa shape index (κ3) is 5.67. The lowest BCUT2D eigenvalue weighted by Crippen LogP contribution is -2.32. The minimum atomic E-state index is -5.19. The van der Waals surface area contributed by atoms with Crippen LogP contribution in [0.5, 0.6) is 0 Å². The fraction of sp³-hybridized carbons (Fsp3) is 0.333. The highest BCUT2D eigenvalue weighted by Crippen LogP contribution is 2.35. The first-order valence-electron chi connectivity index (χ1n) is 9.36. The van der Waals surface area contributed by atoms with Crippen LogP contribution in [0.4, 0.5) is 43.9 Å². The second-order valence-electron chi connectivity index (χ2n) is 7.19. The molecule has 12 heteroatoms. The van der Waals surface area contributed by atoms with E-state index >= 15 is 0 Å². The molecular weight excluding hydrogens is 474 g/mol. The van der Waals surface area contributed by atoms with Gasteiger partial charge in [-0.3, -0.25) is 0 Å². The van der Waals surface area contributed by atoms with E-state index in [1.165, 1.54) is 0 Å². The van der Waals surface area contributed by atoms with Gasteiger partial charge in [-0.25, -0.2) is 22.0 Å². The minimum absolute atomic E-state index is 0.0351. The Morgan fingerprint density at radius 1 is 0.818 bits per heavy atom. The summed E-state index contributed by atoms with van der Waals surface area (Å²) in [5.41, 5.74) is -3.62. The summed E-state index contributed by atoms with van der Waals surface area (Å²) in [6.07, 6.45) is -9.07. The van der Waals surface area contributed by atoms with Crippen molar-refractivity contribution < 1.29 is 53.4 Å². The van der Waals surface area contributed by atoms with E-state index in [0.29, 0.717) is 24.3 Å². The van der Waals surface area contributed by atoms with E-state index in [1.807, 2.05) is 0 Å². The molecule has 2 nitrogen and oxygen atoms in total. The molecule has 2 aromatic carbocycles. The van der Waals surface area contributed by atoms with Crippen LogP contribution in [0.2, 0.25) is 0 Å². The molecule has 0 unspecified atom stereocenters. The molecule has 1 fully saturated rings. The molecule has 1 aliphatic heterocycles. The number of rotatable bonds is 5. The van der Waals surface area contributed by atoms with Gasteiger partial charge >= 0.3 is 12.3 Å². The zero-order chi connectivity index (χ0) is 24.5. The molecule has 1 saturated heterocycles. The number of hydrogen-bond acceptors (Lipinski definition) is 2. The Kier molecular flexibility index (Phi) is 7.37. The highest BCUT2D eigenvalue weighted by Gasteiger charge is 2.38. The first-order chi connectivity index (χ1) is 15.4. The standard InChI is InChI=1S/C21H14F10O2/c22-12-5-10(19(26)20(27)28)6-13(23)17(12)11-7-32-16(33-8-11)2-1-9-3-14(24)18(15(25)4-9)21(29,30)31/h3-6,11,16H,1-2,7-8H2. The first kappa shape index (κ1) is 25.0. The Balaban J connectivity index is 1.63. The van der Waals surface area contributed by atoms with Crippen LogP contribution in [0.3, 0.4) is 0 Å². The van der Waals surface area contributed by atoms with Crippen LogP contribution in [-0.4, -0.2) is 19.5 Å². The lowest BCUT2D eigenvalue weighted by atomic mass is 9.96. The Morgan fingerprint density at radius 3 is 1.79 bits per heavy atom. The van der Waals surface area contributed by atoms with Crippen molar-refractivity contribution in [3.8, 4) is 0 Å². The van der Waals surface area contributed by atoms with Crippen LogP contribution in [0.15, 0.2) is 30.3 Å². The summed E-state index contributed by atoms with van der Waals surface area (Å²) in [4.78, 5) is 0. The summed E-state index contributed by atoms with van der Waals surface area (Å²) in [5, 5.41) is 0. The summed E-state index contributed by atoms with van der Waals surface area (Å²) in [6.45, 7) is -0.577. The van der Waals surface area contributed by atoms with Crippen molar-refractivity contribution in [3.63, 3.8) is 0 Å². The summed E-state index contributed by atoms with van der Waals surface area (Å²) in [6, 6.07) is 1.90. The van der Waals surface area contributed by atoms with E-state index < -0.39 is 70.3 Å². The van der Waals surface area contributed by atoms with Crippen molar-refractivity contribution in [1.29, 1.82) is 0 Å². The number of alkyl halides is 3. The Bertz CT molecular complexity index is 1010. The normalized spacial score (nSPS) is 19.0. The zero-order valence-electron chi connectivity index (χ0n) is 16.4. The van der Waals surface area contributed by atoms with Crippen LogP contribution < -0.4 is 0 Å². The molecule has 0 aliphatic carbocycles. The van der Waals surface area contributed by atoms with E-state index in [1.54, 1.807) is 0 Å². The van der Waals surface area contributed by atoms with Gasteiger partial charge in [-0.05, 0) is 36.2 Å². The molecule has 180 valence electrons. The van der Waals surface area contributed by atoms with Crippen molar-refractivity contribution in [3.05, 3.63) is 75.9 Å². The number of ether oxygens (including phenoxy) is 2. The van der Waals surface area contributed by atoms with Gasteiger partial charge in [-0.15, -0.1) is 0 Å². The van der Waals surface area contributed by atoms with Gasteiger partial charge < -0.3 is 9.47 Å². The van der Waals surface area contributed by atoms with Crippen LogP contribution in [0.1, 0.15) is 34.6 Å². The van der Waals surface area contributed by atoms with Gasteiger partial charge in [0, 0.05) is 23.5 Å². The van der Waals surface area contributed by atoms with Crippen LogP contribution in [0, 0.1) is 23.3 Å². The molecule has 0 radical (unpaired) electrons. The highest BCUT2D eigenvalue weighted by atomic mass is 19.4. The number of hydrogen-bond donors (Lipinski definition) is 0. The van der Waals surface area contributed by atoms with E-state index in [4.69, 9.17) is 9.47 Å².